The van der Waals surface area contributed by atoms with E-state index in [9.17, 15) is 9.59 Å². The molecule has 0 saturated carbocycles. The second kappa shape index (κ2) is 8.50. The number of hydrogen-bond donors (Lipinski definition) is 2. The van der Waals surface area contributed by atoms with E-state index in [4.69, 9.17) is 23.2 Å². The third-order valence-corrected chi connectivity index (χ3v) is 5.58. The summed E-state index contributed by atoms with van der Waals surface area (Å²) >= 11 is 12.0. The van der Waals surface area contributed by atoms with Crippen LogP contribution in [0.2, 0.25) is 10.0 Å². The fourth-order valence-electron chi connectivity index (χ4n) is 3.53. The predicted octanol–water partition coefficient (Wildman–Crippen LogP) is 4.57. The van der Waals surface area contributed by atoms with Crippen LogP contribution < -0.4 is 10.9 Å². The van der Waals surface area contributed by atoms with Gasteiger partial charge in [-0.1, -0.05) is 53.0 Å². The standard InChI is InChI=1S/C22H20Cl2N4O2/c1-13-3-2-4-14(9-13)10-20-25-18-7-8-28(12-16(18)21(29)27-20)22(30)26-19-6-5-15(23)11-17(19)24/h2-6,9,11H,7-8,10,12H2,1H3,(H,26,30)(H,25,27,29). The second-order valence-electron chi connectivity index (χ2n) is 7.33. The molecule has 1 aliphatic heterocycles. The van der Waals surface area contributed by atoms with Crippen LogP contribution in [-0.2, 0) is 19.4 Å². The molecule has 8 heteroatoms. The molecule has 0 atom stereocenters. The van der Waals surface area contributed by atoms with E-state index in [2.05, 4.69) is 21.4 Å². The van der Waals surface area contributed by atoms with Gasteiger partial charge in [-0.05, 0) is 30.7 Å². The lowest BCUT2D eigenvalue weighted by molar-refractivity contribution is 0.205. The fourth-order valence-corrected chi connectivity index (χ4v) is 3.99. The van der Waals surface area contributed by atoms with Gasteiger partial charge in [0.25, 0.3) is 5.56 Å². The minimum Gasteiger partial charge on any atom is -0.320 e. The van der Waals surface area contributed by atoms with Crippen molar-refractivity contribution in [3.8, 4) is 0 Å². The summed E-state index contributed by atoms with van der Waals surface area (Å²) in [6.07, 6.45) is 1.07. The van der Waals surface area contributed by atoms with E-state index in [1.807, 2.05) is 25.1 Å². The number of nitrogens with one attached hydrogen (secondary N) is 2. The average Bonchev–Trinajstić information content (AvgIpc) is 2.70. The smallest absolute Gasteiger partial charge is 0.320 e. The van der Waals surface area contributed by atoms with Gasteiger partial charge in [0.15, 0.2) is 0 Å². The summed E-state index contributed by atoms with van der Waals surface area (Å²) in [6.45, 7) is 2.69. The molecule has 1 aliphatic rings. The molecule has 6 nitrogen and oxygen atoms in total. The van der Waals surface area contributed by atoms with Gasteiger partial charge < -0.3 is 15.2 Å². The minimum absolute atomic E-state index is 0.194. The van der Waals surface area contributed by atoms with Gasteiger partial charge in [0, 0.05) is 24.4 Å². The lowest BCUT2D eigenvalue weighted by Crippen LogP contribution is -2.42. The van der Waals surface area contributed by atoms with Gasteiger partial charge in [-0.15, -0.1) is 0 Å². The zero-order valence-electron chi connectivity index (χ0n) is 16.3. The summed E-state index contributed by atoms with van der Waals surface area (Å²) in [5, 5.41) is 3.62. The van der Waals surface area contributed by atoms with E-state index in [0.717, 1.165) is 16.8 Å². The summed E-state index contributed by atoms with van der Waals surface area (Å²) in [6, 6.07) is 12.6. The quantitative estimate of drug-likeness (QED) is 0.623. The van der Waals surface area contributed by atoms with E-state index in [-0.39, 0.29) is 18.1 Å². The number of carbonyl (C=O) groups excluding carboxylic acids is 1. The lowest BCUT2D eigenvalue weighted by Gasteiger charge is -2.28. The van der Waals surface area contributed by atoms with Crippen molar-refractivity contribution < 1.29 is 4.79 Å². The number of nitrogens with zero attached hydrogens (tertiary/aromatic N) is 2. The molecular weight excluding hydrogens is 423 g/mol. The maximum absolute atomic E-state index is 12.7. The van der Waals surface area contributed by atoms with E-state index in [1.165, 1.54) is 0 Å². The molecule has 0 fully saturated rings. The van der Waals surface area contributed by atoms with E-state index < -0.39 is 0 Å². The number of urea groups is 1. The minimum atomic E-state index is -0.326. The Labute approximate surface area is 183 Å². The van der Waals surface area contributed by atoms with E-state index in [1.54, 1.807) is 23.1 Å². The van der Waals surface area contributed by atoms with Crippen LogP contribution >= 0.6 is 23.2 Å². The highest BCUT2D eigenvalue weighted by atomic mass is 35.5. The first-order valence-electron chi connectivity index (χ1n) is 9.56. The summed E-state index contributed by atoms with van der Waals surface area (Å²) in [5.41, 5.74) is 3.79. The molecule has 154 valence electrons. The van der Waals surface area contributed by atoms with Crippen molar-refractivity contribution in [3.05, 3.63) is 91.1 Å². The first kappa shape index (κ1) is 20.4. The Kier molecular flexibility index (Phi) is 5.79. The van der Waals surface area contributed by atoms with E-state index >= 15 is 0 Å². The number of fused-ring (bicyclic) bond motifs is 1. The number of H-pyrrole nitrogens is 1. The van der Waals surface area contributed by atoms with Crippen molar-refractivity contribution in [1.29, 1.82) is 0 Å². The van der Waals surface area contributed by atoms with Gasteiger partial charge in [-0.25, -0.2) is 9.78 Å². The molecule has 2 amide bonds. The second-order valence-corrected chi connectivity index (χ2v) is 8.17. The topological polar surface area (TPSA) is 78.1 Å². The zero-order valence-corrected chi connectivity index (χ0v) is 17.8. The van der Waals surface area contributed by atoms with Crippen LogP contribution in [0.4, 0.5) is 10.5 Å². The van der Waals surface area contributed by atoms with Gasteiger partial charge in [0.1, 0.15) is 5.82 Å². The third kappa shape index (κ3) is 4.50. The number of aromatic amines is 1. The van der Waals surface area contributed by atoms with E-state index in [0.29, 0.717) is 46.5 Å². The number of benzene rings is 2. The molecule has 0 unspecified atom stereocenters. The summed E-state index contributed by atoms with van der Waals surface area (Å²) in [4.78, 5) is 34.4. The molecule has 2 N–H and O–H groups in total. The summed E-state index contributed by atoms with van der Waals surface area (Å²) < 4.78 is 0. The lowest BCUT2D eigenvalue weighted by atomic mass is 10.1. The molecule has 4 rings (SSSR count). The van der Waals surface area contributed by atoms with Crippen molar-refractivity contribution in [2.75, 3.05) is 11.9 Å². The average molecular weight is 443 g/mol. The number of hydrogen-bond acceptors (Lipinski definition) is 3. The highest BCUT2D eigenvalue weighted by Gasteiger charge is 2.25. The molecule has 2 aromatic carbocycles. The molecule has 2 heterocycles. The number of aromatic nitrogens is 2. The van der Waals surface area contributed by atoms with Crippen LogP contribution in [0.1, 0.15) is 28.2 Å². The van der Waals surface area contributed by atoms with Crippen LogP contribution in [-0.4, -0.2) is 27.4 Å². The number of aryl methyl sites for hydroxylation is 1. The molecule has 0 radical (unpaired) electrons. The van der Waals surface area contributed by atoms with Crippen LogP contribution in [0.15, 0.2) is 47.3 Å². The molecule has 0 spiro atoms. The van der Waals surface area contributed by atoms with Gasteiger partial charge >= 0.3 is 6.03 Å². The molecule has 30 heavy (non-hydrogen) atoms. The Bertz CT molecular complexity index is 1180. The molecule has 0 aliphatic carbocycles. The fraction of sp³-hybridized carbons (Fsp3) is 0.227. The van der Waals surface area contributed by atoms with Gasteiger partial charge in [0.2, 0.25) is 0 Å². The van der Waals surface area contributed by atoms with Crippen molar-refractivity contribution in [3.63, 3.8) is 0 Å². The number of anilines is 1. The summed E-state index contributed by atoms with van der Waals surface area (Å²) in [7, 11) is 0. The number of carbonyl (C=O) groups is 1. The number of rotatable bonds is 3. The molecule has 0 saturated heterocycles. The first-order chi connectivity index (χ1) is 14.4. The maximum atomic E-state index is 12.7. The highest BCUT2D eigenvalue weighted by Crippen LogP contribution is 2.26. The Morgan fingerprint density at radius 3 is 2.83 bits per heavy atom. The maximum Gasteiger partial charge on any atom is 0.322 e. The van der Waals surface area contributed by atoms with Crippen molar-refractivity contribution in [2.24, 2.45) is 0 Å². The zero-order chi connectivity index (χ0) is 21.3. The molecule has 3 aromatic rings. The number of amides is 2. The SMILES string of the molecule is Cc1cccc(Cc2nc3c(c(=O)[nH]2)CN(C(=O)Nc2ccc(Cl)cc2Cl)CC3)c1. The predicted molar refractivity (Wildman–Crippen MR) is 118 cm³/mol. The van der Waals surface area contributed by atoms with Crippen molar-refractivity contribution in [2.45, 2.75) is 26.3 Å². The van der Waals surface area contributed by atoms with Gasteiger partial charge in [0.05, 0.1) is 28.5 Å². The normalized spacial score (nSPS) is 13.1. The molecular formula is C22H20Cl2N4O2. The van der Waals surface area contributed by atoms with Crippen LogP contribution in [0.25, 0.3) is 0 Å². The van der Waals surface area contributed by atoms with Crippen LogP contribution in [0, 0.1) is 6.92 Å². The molecule has 0 bridgehead atoms. The third-order valence-electron chi connectivity index (χ3n) is 5.03. The van der Waals surface area contributed by atoms with Crippen molar-refractivity contribution >= 4 is 34.9 Å². The highest BCUT2D eigenvalue weighted by molar-refractivity contribution is 6.36. The monoisotopic (exact) mass is 442 g/mol. The Balaban J connectivity index is 1.49. The van der Waals surface area contributed by atoms with Crippen molar-refractivity contribution in [1.82, 2.24) is 14.9 Å². The Hall–Kier alpha value is -2.83. The Morgan fingerprint density at radius 1 is 1.23 bits per heavy atom. The van der Waals surface area contributed by atoms with Crippen LogP contribution in [0.3, 0.4) is 0 Å². The first-order valence-corrected chi connectivity index (χ1v) is 10.3. The Morgan fingerprint density at radius 2 is 2.07 bits per heavy atom. The summed E-state index contributed by atoms with van der Waals surface area (Å²) in [5.74, 6) is 0.634. The molecule has 1 aromatic heterocycles. The van der Waals surface area contributed by atoms with Gasteiger partial charge in [-0.3, -0.25) is 4.79 Å². The number of halogens is 2. The largest absolute Gasteiger partial charge is 0.322 e. The van der Waals surface area contributed by atoms with Crippen LogP contribution in [0.5, 0.6) is 0 Å². The van der Waals surface area contributed by atoms with Gasteiger partial charge in [-0.2, -0.15) is 0 Å².